The van der Waals surface area contributed by atoms with Crippen molar-refractivity contribution < 1.29 is 4.79 Å². The molecule has 0 aliphatic rings. The first-order chi connectivity index (χ1) is 15.5. The van der Waals surface area contributed by atoms with Gasteiger partial charge in [0.2, 0.25) is 5.91 Å². The number of hydrogen-bond donors (Lipinski definition) is 1. The Labute approximate surface area is 186 Å². The molecule has 0 saturated heterocycles. The average Bonchev–Trinajstić information content (AvgIpc) is 3.25. The second kappa shape index (κ2) is 9.60. The molecule has 1 N–H and O–H groups in total. The van der Waals surface area contributed by atoms with Gasteiger partial charge in [-0.05, 0) is 43.4 Å². The fourth-order valence-electron chi connectivity index (χ4n) is 3.66. The van der Waals surface area contributed by atoms with E-state index < -0.39 is 0 Å². The Bertz CT molecular complexity index is 1260. The van der Waals surface area contributed by atoms with E-state index in [-0.39, 0.29) is 24.1 Å². The number of carbonyl (C=O) groups excluding carboxylic acids is 1. The van der Waals surface area contributed by atoms with Crippen molar-refractivity contribution in [2.45, 2.75) is 45.7 Å². The molecule has 2 heterocycles. The van der Waals surface area contributed by atoms with E-state index in [9.17, 15) is 9.59 Å². The lowest BCUT2D eigenvalue weighted by molar-refractivity contribution is -0.122. The van der Waals surface area contributed by atoms with Crippen molar-refractivity contribution in [3.63, 3.8) is 0 Å². The summed E-state index contributed by atoms with van der Waals surface area (Å²) in [4.78, 5) is 25.3. The lowest BCUT2D eigenvalue weighted by atomic mass is 10.1. The van der Waals surface area contributed by atoms with Crippen LogP contribution in [-0.4, -0.2) is 31.3 Å². The van der Waals surface area contributed by atoms with Crippen molar-refractivity contribution in [3.8, 4) is 11.3 Å². The quantitative estimate of drug-likeness (QED) is 0.466. The van der Waals surface area contributed by atoms with E-state index in [1.54, 1.807) is 6.07 Å². The number of aromatic nitrogens is 4. The summed E-state index contributed by atoms with van der Waals surface area (Å²) in [6.45, 7) is 3.94. The van der Waals surface area contributed by atoms with Gasteiger partial charge in [-0.15, -0.1) is 0 Å². The molecule has 0 bridgehead atoms. The summed E-state index contributed by atoms with van der Waals surface area (Å²) in [7, 11) is 0. The Balaban J connectivity index is 1.43. The Morgan fingerprint density at radius 3 is 2.53 bits per heavy atom. The molecule has 2 aromatic carbocycles. The van der Waals surface area contributed by atoms with Gasteiger partial charge >= 0.3 is 0 Å². The molecule has 1 atom stereocenters. The molecule has 4 aromatic rings. The highest BCUT2D eigenvalue weighted by Crippen LogP contribution is 2.19. The third kappa shape index (κ3) is 4.94. The smallest absolute Gasteiger partial charge is 0.293 e. The van der Waals surface area contributed by atoms with Crippen LogP contribution in [0.15, 0.2) is 71.8 Å². The minimum atomic E-state index is -0.344. The average molecular weight is 430 g/mol. The molecule has 0 radical (unpaired) electrons. The topological polar surface area (TPSA) is 81.3 Å². The van der Waals surface area contributed by atoms with Crippen LogP contribution < -0.4 is 10.9 Å². The maximum atomic E-state index is 12.9. The largest absolute Gasteiger partial charge is 0.352 e. The SMILES string of the molecule is CCc1ccc(-c2cc3c(=O)n(CC(=O)N[C@@H](C)CCc4ccccc4)ncn3n2)cc1. The normalized spacial score (nSPS) is 12.1. The number of benzene rings is 2. The van der Waals surface area contributed by atoms with Crippen LogP contribution in [-0.2, 0) is 24.2 Å². The molecular formula is C25H27N5O2. The molecular weight excluding hydrogens is 402 g/mol. The van der Waals surface area contributed by atoms with Crippen LogP contribution in [0.4, 0.5) is 0 Å². The molecule has 164 valence electrons. The predicted molar refractivity (Wildman–Crippen MR) is 124 cm³/mol. The standard InChI is InChI=1S/C25H27N5O2/c1-3-19-11-13-21(14-12-19)22-15-23-25(32)29(26-17-30(23)28-22)16-24(31)27-18(2)9-10-20-7-5-4-6-8-20/h4-8,11-15,17-18H,3,9-10,16H2,1-2H3,(H,27,31)/t18-/m0/s1. The lowest BCUT2D eigenvalue weighted by Gasteiger charge is -2.14. The van der Waals surface area contributed by atoms with E-state index in [1.165, 1.54) is 26.7 Å². The Kier molecular flexibility index (Phi) is 6.44. The minimum absolute atomic E-state index is 0.00481. The summed E-state index contributed by atoms with van der Waals surface area (Å²) in [6, 6.07) is 20.0. The fourth-order valence-corrected chi connectivity index (χ4v) is 3.66. The van der Waals surface area contributed by atoms with Crippen molar-refractivity contribution in [2.75, 3.05) is 0 Å². The summed E-state index contributed by atoms with van der Waals surface area (Å²) < 4.78 is 2.64. The summed E-state index contributed by atoms with van der Waals surface area (Å²) in [5.41, 5.74) is 4.15. The summed E-state index contributed by atoms with van der Waals surface area (Å²) in [6.07, 6.45) is 4.13. The van der Waals surface area contributed by atoms with Gasteiger partial charge in [0.15, 0.2) is 0 Å². The lowest BCUT2D eigenvalue weighted by Crippen LogP contribution is -2.38. The van der Waals surface area contributed by atoms with Crippen molar-refractivity contribution in [1.82, 2.24) is 24.7 Å². The van der Waals surface area contributed by atoms with Crippen LogP contribution in [0.3, 0.4) is 0 Å². The zero-order valence-electron chi connectivity index (χ0n) is 18.4. The van der Waals surface area contributed by atoms with Crippen molar-refractivity contribution in [1.29, 1.82) is 0 Å². The zero-order chi connectivity index (χ0) is 22.5. The summed E-state index contributed by atoms with van der Waals surface area (Å²) >= 11 is 0. The van der Waals surface area contributed by atoms with Crippen molar-refractivity contribution in [2.24, 2.45) is 0 Å². The molecule has 0 spiro atoms. The van der Waals surface area contributed by atoms with Crippen LogP contribution in [0.5, 0.6) is 0 Å². The van der Waals surface area contributed by atoms with Crippen LogP contribution >= 0.6 is 0 Å². The van der Waals surface area contributed by atoms with Gasteiger partial charge in [-0.25, -0.2) is 9.20 Å². The van der Waals surface area contributed by atoms with Crippen molar-refractivity contribution >= 4 is 11.4 Å². The van der Waals surface area contributed by atoms with Gasteiger partial charge in [-0.3, -0.25) is 9.59 Å². The maximum absolute atomic E-state index is 12.9. The van der Waals surface area contributed by atoms with E-state index in [2.05, 4.69) is 46.7 Å². The monoisotopic (exact) mass is 429 g/mol. The third-order valence-electron chi connectivity index (χ3n) is 5.56. The Morgan fingerprint density at radius 2 is 1.81 bits per heavy atom. The second-order valence-electron chi connectivity index (χ2n) is 8.00. The number of carbonyl (C=O) groups is 1. The van der Waals surface area contributed by atoms with Gasteiger partial charge in [0.1, 0.15) is 18.4 Å². The maximum Gasteiger partial charge on any atom is 0.293 e. The van der Waals surface area contributed by atoms with Gasteiger partial charge < -0.3 is 5.32 Å². The molecule has 2 aromatic heterocycles. The van der Waals surface area contributed by atoms with E-state index in [1.807, 2.05) is 37.3 Å². The number of nitrogens with zero attached hydrogens (tertiary/aromatic N) is 4. The first-order valence-electron chi connectivity index (χ1n) is 10.9. The molecule has 32 heavy (non-hydrogen) atoms. The van der Waals surface area contributed by atoms with Gasteiger partial charge in [-0.1, -0.05) is 61.5 Å². The molecule has 4 rings (SSSR count). The van der Waals surface area contributed by atoms with Crippen LogP contribution in [0.2, 0.25) is 0 Å². The number of amides is 1. The molecule has 0 aliphatic carbocycles. The molecule has 0 unspecified atom stereocenters. The van der Waals surface area contributed by atoms with Gasteiger partial charge in [0, 0.05) is 11.6 Å². The molecule has 0 aliphatic heterocycles. The first kappa shape index (κ1) is 21.5. The Hall–Kier alpha value is -3.74. The number of rotatable bonds is 8. The van der Waals surface area contributed by atoms with E-state index >= 15 is 0 Å². The summed E-state index contributed by atoms with van der Waals surface area (Å²) in [5.74, 6) is -0.237. The molecule has 0 saturated carbocycles. The van der Waals surface area contributed by atoms with Crippen LogP contribution in [0.25, 0.3) is 16.8 Å². The van der Waals surface area contributed by atoms with Crippen LogP contribution in [0.1, 0.15) is 31.4 Å². The first-order valence-corrected chi connectivity index (χ1v) is 10.9. The predicted octanol–water partition coefficient (Wildman–Crippen LogP) is 3.26. The Morgan fingerprint density at radius 1 is 1.06 bits per heavy atom. The van der Waals surface area contributed by atoms with E-state index in [0.717, 1.165) is 24.8 Å². The number of aryl methyl sites for hydroxylation is 2. The zero-order valence-corrected chi connectivity index (χ0v) is 18.4. The number of hydrogen-bond acceptors (Lipinski definition) is 4. The minimum Gasteiger partial charge on any atom is -0.352 e. The highest BCUT2D eigenvalue weighted by atomic mass is 16.2. The molecule has 7 heteroatoms. The van der Waals surface area contributed by atoms with Gasteiger partial charge in [0.05, 0.1) is 5.69 Å². The number of nitrogens with one attached hydrogen (secondary N) is 1. The molecule has 7 nitrogen and oxygen atoms in total. The highest BCUT2D eigenvalue weighted by Gasteiger charge is 2.14. The summed E-state index contributed by atoms with van der Waals surface area (Å²) in [5, 5.41) is 11.5. The van der Waals surface area contributed by atoms with Gasteiger partial charge in [-0.2, -0.15) is 10.2 Å². The highest BCUT2D eigenvalue weighted by molar-refractivity contribution is 5.76. The number of fused-ring (bicyclic) bond motifs is 1. The van der Waals surface area contributed by atoms with Gasteiger partial charge in [0.25, 0.3) is 5.56 Å². The van der Waals surface area contributed by atoms with Crippen LogP contribution in [0, 0.1) is 0 Å². The van der Waals surface area contributed by atoms with E-state index in [0.29, 0.717) is 11.2 Å². The third-order valence-corrected chi connectivity index (χ3v) is 5.56. The molecule has 1 amide bonds. The molecule has 0 fully saturated rings. The second-order valence-corrected chi connectivity index (χ2v) is 8.00. The van der Waals surface area contributed by atoms with E-state index in [4.69, 9.17) is 0 Å². The fraction of sp³-hybridized carbons (Fsp3) is 0.280. The van der Waals surface area contributed by atoms with Crippen molar-refractivity contribution in [3.05, 3.63) is 88.5 Å².